The Kier molecular flexibility index (Phi) is 7.75. The number of nitrogens with zero attached hydrogens (tertiary/aromatic N) is 1. The molecule has 0 radical (unpaired) electrons. The van der Waals surface area contributed by atoms with E-state index in [9.17, 15) is 0 Å². The first-order chi connectivity index (χ1) is 6.72. The highest BCUT2D eigenvalue weighted by molar-refractivity contribution is 7.99. The highest BCUT2D eigenvalue weighted by Crippen LogP contribution is 2.36. The standard InChI is InChI=1S/C10H21NS.C2H6/c1-4-10(9-12-5-2)6-7-11(3)8-10;1-2/h4-9H2,1-3H3;1-2H3. The average molecular weight is 217 g/mol. The van der Waals surface area contributed by atoms with Crippen LogP contribution in [0.25, 0.3) is 0 Å². The lowest BCUT2D eigenvalue weighted by Gasteiger charge is -2.26. The van der Waals surface area contributed by atoms with Crippen molar-refractivity contribution in [2.45, 2.75) is 40.5 Å². The first-order valence-electron chi connectivity index (χ1n) is 5.99. The molecule has 1 heterocycles. The molecule has 0 amide bonds. The van der Waals surface area contributed by atoms with Crippen LogP contribution in [0.5, 0.6) is 0 Å². The van der Waals surface area contributed by atoms with Crippen LogP contribution in [0.1, 0.15) is 40.5 Å². The van der Waals surface area contributed by atoms with Gasteiger partial charge in [0.2, 0.25) is 0 Å². The van der Waals surface area contributed by atoms with Crippen molar-refractivity contribution in [2.24, 2.45) is 5.41 Å². The fourth-order valence-electron chi connectivity index (χ4n) is 1.99. The Labute approximate surface area is 94.6 Å². The summed E-state index contributed by atoms with van der Waals surface area (Å²) in [5, 5.41) is 0. The Bertz CT molecular complexity index is 138. The molecule has 0 aromatic rings. The second-order valence-electron chi connectivity index (χ2n) is 3.98. The third-order valence-electron chi connectivity index (χ3n) is 2.99. The van der Waals surface area contributed by atoms with Gasteiger partial charge in [0.1, 0.15) is 0 Å². The van der Waals surface area contributed by atoms with E-state index in [1.807, 2.05) is 13.8 Å². The number of thioether (sulfide) groups is 1. The van der Waals surface area contributed by atoms with E-state index in [-0.39, 0.29) is 0 Å². The van der Waals surface area contributed by atoms with Crippen LogP contribution >= 0.6 is 11.8 Å². The Morgan fingerprint density at radius 2 is 1.93 bits per heavy atom. The molecule has 1 nitrogen and oxygen atoms in total. The van der Waals surface area contributed by atoms with Gasteiger partial charge in [0.15, 0.2) is 0 Å². The fourth-order valence-corrected chi connectivity index (χ4v) is 3.06. The van der Waals surface area contributed by atoms with Crippen LogP contribution in [-0.4, -0.2) is 36.5 Å². The zero-order chi connectivity index (χ0) is 11.0. The van der Waals surface area contributed by atoms with E-state index < -0.39 is 0 Å². The molecule has 0 aromatic carbocycles. The minimum absolute atomic E-state index is 0.648. The van der Waals surface area contributed by atoms with Crippen LogP contribution in [0, 0.1) is 5.41 Å². The highest BCUT2D eigenvalue weighted by Gasteiger charge is 2.34. The van der Waals surface area contributed by atoms with Gasteiger partial charge in [-0.1, -0.05) is 27.7 Å². The summed E-state index contributed by atoms with van der Waals surface area (Å²) in [5.74, 6) is 2.63. The molecule has 0 aromatic heterocycles. The molecular weight excluding hydrogens is 190 g/mol. The van der Waals surface area contributed by atoms with E-state index >= 15 is 0 Å². The van der Waals surface area contributed by atoms with Crippen LogP contribution in [0.3, 0.4) is 0 Å². The van der Waals surface area contributed by atoms with Gasteiger partial charge in [-0.15, -0.1) is 0 Å². The van der Waals surface area contributed by atoms with Crippen LogP contribution in [0.4, 0.5) is 0 Å². The average Bonchev–Trinajstić information content (AvgIpc) is 2.61. The number of hydrogen-bond acceptors (Lipinski definition) is 2. The molecule has 86 valence electrons. The van der Waals surface area contributed by atoms with Crippen molar-refractivity contribution in [3.63, 3.8) is 0 Å². The molecule has 2 heteroatoms. The van der Waals surface area contributed by atoms with Gasteiger partial charge in [-0.2, -0.15) is 11.8 Å². The molecular formula is C12H27NS. The normalized spacial score (nSPS) is 27.2. The predicted molar refractivity (Wildman–Crippen MR) is 69.2 cm³/mol. The molecule has 14 heavy (non-hydrogen) atoms. The van der Waals surface area contributed by atoms with Gasteiger partial charge in [-0.25, -0.2) is 0 Å². The molecule has 1 atom stereocenters. The monoisotopic (exact) mass is 217 g/mol. The van der Waals surface area contributed by atoms with E-state index in [1.165, 1.54) is 37.4 Å². The van der Waals surface area contributed by atoms with Crippen LogP contribution in [0.2, 0.25) is 0 Å². The van der Waals surface area contributed by atoms with E-state index in [0.717, 1.165) is 0 Å². The molecule has 1 saturated heterocycles. The number of likely N-dealkylation sites (tertiary alicyclic amines) is 1. The van der Waals surface area contributed by atoms with Crippen molar-refractivity contribution in [3.8, 4) is 0 Å². The topological polar surface area (TPSA) is 3.24 Å². The lowest BCUT2D eigenvalue weighted by atomic mass is 9.87. The molecule has 0 saturated carbocycles. The summed E-state index contributed by atoms with van der Waals surface area (Å²) in [4.78, 5) is 2.47. The summed E-state index contributed by atoms with van der Waals surface area (Å²) in [5.41, 5.74) is 0.648. The molecule has 1 fully saturated rings. The minimum atomic E-state index is 0.648. The fraction of sp³-hybridized carbons (Fsp3) is 1.00. The van der Waals surface area contributed by atoms with Gasteiger partial charge in [0, 0.05) is 12.3 Å². The van der Waals surface area contributed by atoms with Gasteiger partial charge >= 0.3 is 0 Å². The molecule has 1 aliphatic rings. The van der Waals surface area contributed by atoms with E-state index in [1.54, 1.807) is 0 Å². The van der Waals surface area contributed by atoms with E-state index in [2.05, 4.69) is 37.6 Å². The summed E-state index contributed by atoms with van der Waals surface area (Å²) in [6, 6.07) is 0. The van der Waals surface area contributed by atoms with Crippen molar-refractivity contribution >= 4 is 11.8 Å². The third kappa shape index (κ3) is 4.22. The zero-order valence-electron chi connectivity index (χ0n) is 10.6. The predicted octanol–water partition coefficient (Wildman–Crippen LogP) is 3.50. The quantitative estimate of drug-likeness (QED) is 0.709. The Morgan fingerprint density at radius 1 is 1.29 bits per heavy atom. The summed E-state index contributed by atoms with van der Waals surface area (Å²) in [6.45, 7) is 11.2. The summed E-state index contributed by atoms with van der Waals surface area (Å²) in [7, 11) is 2.24. The van der Waals surface area contributed by atoms with E-state index in [0.29, 0.717) is 5.41 Å². The summed E-state index contributed by atoms with van der Waals surface area (Å²) in [6.07, 6.45) is 2.76. The van der Waals surface area contributed by atoms with Crippen LogP contribution in [-0.2, 0) is 0 Å². The third-order valence-corrected chi connectivity index (χ3v) is 4.22. The van der Waals surface area contributed by atoms with Crippen LogP contribution in [0.15, 0.2) is 0 Å². The largest absolute Gasteiger partial charge is 0.306 e. The second kappa shape index (κ2) is 7.58. The Morgan fingerprint density at radius 3 is 2.29 bits per heavy atom. The molecule has 1 aliphatic heterocycles. The molecule has 0 N–H and O–H groups in total. The van der Waals surface area contributed by atoms with Crippen molar-refractivity contribution in [3.05, 3.63) is 0 Å². The maximum atomic E-state index is 2.47. The smallest absolute Gasteiger partial charge is 0.00432 e. The molecule has 1 unspecified atom stereocenters. The minimum Gasteiger partial charge on any atom is -0.306 e. The van der Waals surface area contributed by atoms with Gasteiger partial charge in [-0.05, 0) is 37.6 Å². The van der Waals surface area contributed by atoms with Gasteiger partial charge in [-0.3, -0.25) is 0 Å². The van der Waals surface area contributed by atoms with Gasteiger partial charge in [0.25, 0.3) is 0 Å². The highest BCUT2D eigenvalue weighted by atomic mass is 32.2. The molecule has 0 aliphatic carbocycles. The van der Waals surface area contributed by atoms with Crippen molar-refractivity contribution in [1.82, 2.24) is 4.90 Å². The Balaban J connectivity index is 0.000000791. The lowest BCUT2D eigenvalue weighted by molar-refractivity contribution is 0.307. The zero-order valence-corrected chi connectivity index (χ0v) is 11.4. The van der Waals surface area contributed by atoms with Gasteiger partial charge < -0.3 is 4.90 Å². The second-order valence-corrected chi connectivity index (χ2v) is 5.25. The molecule has 0 bridgehead atoms. The number of rotatable bonds is 4. The lowest BCUT2D eigenvalue weighted by Crippen LogP contribution is -2.26. The maximum Gasteiger partial charge on any atom is 0.00432 e. The first kappa shape index (κ1) is 14.3. The molecule has 0 spiro atoms. The molecule has 1 rings (SSSR count). The Hall–Kier alpha value is 0.310. The maximum absolute atomic E-state index is 2.47. The van der Waals surface area contributed by atoms with Crippen LogP contribution < -0.4 is 0 Å². The van der Waals surface area contributed by atoms with Crippen molar-refractivity contribution < 1.29 is 0 Å². The van der Waals surface area contributed by atoms with Gasteiger partial charge in [0.05, 0.1) is 0 Å². The number of hydrogen-bond donors (Lipinski definition) is 0. The summed E-state index contributed by atoms with van der Waals surface area (Å²) >= 11 is 2.10. The summed E-state index contributed by atoms with van der Waals surface area (Å²) < 4.78 is 0. The SMILES string of the molecule is CC.CCSCC1(CC)CCN(C)C1. The van der Waals surface area contributed by atoms with E-state index in [4.69, 9.17) is 0 Å². The van der Waals surface area contributed by atoms with Crippen molar-refractivity contribution in [1.29, 1.82) is 0 Å². The first-order valence-corrected chi connectivity index (χ1v) is 7.14. The van der Waals surface area contributed by atoms with Crippen molar-refractivity contribution in [2.75, 3.05) is 31.6 Å².